The zero-order valence-corrected chi connectivity index (χ0v) is 9.60. The van der Waals surface area contributed by atoms with E-state index in [1.165, 1.54) is 6.20 Å². The van der Waals surface area contributed by atoms with Gasteiger partial charge in [0.05, 0.1) is 5.56 Å². The van der Waals surface area contributed by atoms with E-state index in [1.807, 2.05) is 6.92 Å². The lowest BCUT2D eigenvalue weighted by molar-refractivity contribution is 0.1000. The number of hydrogen-bond donors (Lipinski definition) is 3. The number of amides is 1. The van der Waals surface area contributed by atoms with Crippen LogP contribution in [-0.4, -0.2) is 23.5 Å². The molecule has 1 heterocycles. The second kappa shape index (κ2) is 5.46. The van der Waals surface area contributed by atoms with Crippen molar-refractivity contribution in [3.05, 3.63) is 23.9 Å². The maximum absolute atomic E-state index is 10.8. The fraction of sp³-hybridized carbons (Fsp3) is 0.455. The lowest BCUT2D eigenvalue weighted by Crippen LogP contribution is -2.29. The van der Waals surface area contributed by atoms with Gasteiger partial charge in [-0.1, -0.05) is 6.92 Å². The molecule has 1 rings (SSSR count). The summed E-state index contributed by atoms with van der Waals surface area (Å²) in [6.45, 7) is 4.73. The van der Waals surface area contributed by atoms with Crippen LogP contribution in [0.3, 0.4) is 0 Å². The van der Waals surface area contributed by atoms with Gasteiger partial charge >= 0.3 is 0 Å². The highest BCUT2D eigenvalue weighted by Gasteiger charge is 2.10. The van der Waals surface area contributed by atoms with E-state index < -0.39 is 5.91 Å². The van der Waals surface area contributed by atoms with Gasteiger partial charge in [0.25, 0.3) is 0 Å². The van der Waals surface area contributed by atoms with E-state index in [0.717, 1.165) is 5.82 Å². The molecule has 0 aliphatic rings. The molecule has 0 aliphatic carbocycles. The van der Waals surface area contributed by atoms with Crippen LogP contribution >= 0.6 is 0 Å². The molecule has 0 radical (unpaired) electrons. The van der Waals surface area contributed by atoms with E-state index in [2.05, 4.69) is 17.2 Å². The number of carbonyl (C=O) groups excluding carboxylic acids is 1. The van der Waals surface area contributed by atoms with Crippen LogP contribution in [0.5, 0.6) is 0 Å². The molecular formula is C11H18N4O. The van der Waals surface area contributed by atoms with E-state index in [-0.39, 0.29) is 6.04 Å². The summed E-state index contributed by atoms with van der Waals surface area (Å²) in [7, 11) is 0. The molecule has 1 aromatic rings. The van der Waals surface area contributed by atoms with Crippen LogP contribution in [0.2, 0.25) is 0 Å². The van der Waals surface area contributed by atoms with Gasteiger partial charge in [-0.2, -0.15) is 0 Å². The quantitative estimate of drug-likeness (QED) is 0.679. The maximum Gasteiger partial charge on any atom is 0.250 e. The van der Waals surface area contributed by atoms with Crippen LogP contribution in [0.4, 0.5) is 5.82 Å². The predicted octanol–water partition coefficient (Wildman–Crippen LogP) is 0.576. The first-order valence-corrected chi connectivity index (χ1v) is 5.27. The molecule has 16 heavy (non-hydrogen) atoms. The number of aromatic nitrogens is 1. The standard InChI is InChI=1S/C11H18N4O/c1-7(5-12)8(2)15-10-4-3-9(6-14-10)11(13)16/h3-4,6-8H,5,12H2,1-2H3,(H2,13,16)(H,14,15). The van der Waals surface area contributed by atoms with Crippen molar-refractivity contribution in [1.82, 2.24) is 4.98 Å². The maximum atomic E-state index is 10.8. The normalized spacial score (nSPS) is 14.2. The highest BCUT2D eigenvalue weighted by Crippen LogP contribution is 2.10. The molecule has 0 saturated heterocycles. The van der Waals surface area contributed by atoms with Crippen molar-refractivity contribution in [3.63, 3.8) is 0 Å². The van der Waals surface area contributed by atoms with Gasteiger partial charge in [-0.25, -0.2) is 4.98 Å². The molecule has 0 bridgehead atoms. The topological polar surface area (TPSA) is 94.0 Å². The van der Waals surface area contributed by atoms with Gasteiger partial charge in [0.1, 0.15) is 5.82 Å². The molecule has 0 spiro atoms. The van der Waals surface area contributed by atoms with Crippen molar-refractivity contribution in [3.8, 4) is 0 Å². The Morgan fingerprint density at radius 1 is 1.50 bits per heavy atom. The molecular weight excluding hydrogens is 204 g/mol. The van der Waals surface area contributed by atoms with Crippen LogP contribution in [0.25, 0.3) is 0 Å². The van der Waals surface area contributed by atoms with Gasteiger partial charge in [-0.3, -0.25) is 4.79 Å². The van der Waals surface area contributed by atoms with Crippen molar-refractivity contribution >= 4 is 11.7 Å². The Bertz CT molecular complexity index is 350. The number of rotatable bonds is 5. The number of nitrogens with zero attached hydrogens (tertiary/aromatic N) is 1. The summed E-state index contributed by atoms with van der Waals surface area (Å²) in [5.74, 6) is 0.609. The first kappa shape index (κ1) is 12.4. The molecule has 5 heteroatoms. The molecule has 5 nitrogen and oxygen atoms in total. The lowest BCUT2D eigenvalue weighted by atomic mass is 10.0. The van der Waals surface area contributed by atoms with Crippen LogP contribution in [0.1, 0.15) is 24.2 Å². The largest absolute Gasteiger partial charge is 0.367 e. The highest BCUT2D eigenvalue weighted by molar-refractivity contribution is 5.92. The Morgan fingerprint density at radius 3 is 2.62 bits per heavy atom. The molecule has 1 aromatic heterocycles. The summed E-state index contributed by atoms with van der Waals surface area (Å²) in [5, 5.41) is 3.22. The average molecular weight is 222 g/mol. The number of carbonyl (C=O) groups is 1. The van der Waals surface area contributed by atoms with Crippen molar-refractivity contribution in [1.29, 1.82) is 0 Å². The fourth-order valence-corrected chi connectivity index (χ4v) is 1.20. The molecule has 2 unspecified atom stereocenters. The summed E-state index contributed by atoms with van der Waals surface area (Å²) in [4.78, 5) is 14.9. The number of hydrogen-bond acceptors (Lipinski definition) is 4. The zero-order valence-electron chi connectivity index (χ0n) is 9.60. The molecule has 88 valence electrons. The third-order valence-corrected chi connectivity index (χ3v) is 2.65. The minimum absolute atomic E-state index is 0.233. The highest BCUT2D eigenvalue weighted by atomic mass is 16.1. The average Bonchev–Trinajstić information content (AvgIpc) is 2.28. The summed E-state index contributed by atoms with van der Waals surface area (Å²) < 4.78 is 0. The molecule has 0 saturated carbocycles. The van der Waals surface area contributed by atoms with E-state index in [4.69, 9.17) is 11.5 Å². The van der Waals surface area contributed by atoms with Crippen molar-refractivity contribution in [2.45, 2.75) is 19.9 Å². The van der Waals surface area contributed by atoms with Crippen LogP contribution in [0.15, 0.2) is 18.3 Å². The molecule has 0 aromatic carbocycles. The van der Waals surface area contributed by atoms with Gasteiger partial charge < -0.3 is 16.8 Å². The number of primary amides is 1. The number of pyridine rings is 1. The number of anilines is 1. The predicted molar refractivity (Wildman–Crippen MR) is 64.1 cm³/mol. The van der Waals surface area contributed by atoms with E-state index >= 15 is 0 Å². The van der Waals surface area contributed by atoms with Crippen molar-refractivity contribution in [2.24, 2.45) is 17.4 Å². The summed E-state index contributed by atoms with van der Waals surface area (Å²) in [6.07, 6.45) is 1.46. The van der Waals surface area contributed by atoms with Crippen LogP contribution < -0.4 is 16.8 Å². The third kappa shape index (κ3) is 3.20. The second-order valence-corrected chi connectivity index (χ2v) is 3.94. The first-order valence-electron chi connectivity index (χ1n) is 5.27. The van der Waals surface area contributed by atoms with Gasteiger partial charge in [0.15, 0.2) is 0 Å². The Kier molecular flexibility index (Phi) is 4.25. The zero-order chi connectivity index (χ0) is 12.1. The minimum atomic E-state index is -0.470. The second-order valence-electron chi connectivity index (χ2n) is 3.94. The third-order valence-electron chi connectivity index (χ3n) is 2.65. The van der Waals surface area contributed by atoms with Crippen molar-refractivity contribution in [2.75, 3.05) is 11.9 Å². The lowest BCUT2D eigenvalue weighted by Gasteiger charge is -2.20. The van der Waals surface area contributed by atoms with Crippen LogP contribution in [0, 0.1) is 5.92 Å². The summed E-state index contributed by atoms with van der Waals surface area (Å²) in [6, 6.07) is 3.62. The molecule has 0 aliphatic heterocycles. The smallest absolute Gasteiger partial charge is 0.250 e. The molecule has 1 amide bonds. The first-order chi connectivity index (χ1) is 7.54. The monoisotopic (exact) mass is 222 g/mol. The SMILES string of the molecule is CC(CN)C(C)Nc1ccc(C(N)=O)cn1. The Labute approximate surface area is 95.2 Å². The summed E-state index contributed by atoms with van der Waals surface area (Å²) >= 11 is 0. The fourth-order valence-electron chi connectivity index (χ4n) is 1.20. The van der Waals surface area contributed by atoms with Crippen molar-refractivity contribution < 1.29 is 4.79 Å². The molecule has 2 atom stereocenters. The van der Waals surface area contributed by atoms with E-state index in [1.54, 1.807) is 12.1 Å². The van der Waals surface area contributed by atoms with Crippen LogP contribution in [-0.2, 0) is 0 Å². The van der Waals surface area contributed by atoms with Gasteiger partial charge in [0.2, 0.25) is 5.91 Å². The van der Waals surface area contributed by atoms with Gasteiger partial charge in [0, 0.05) is 12.2 Å². The van der Waals surface area contributed by atoms with Gasteiger partial charge in [-0.05, 0) is 31.5 Å². The number of nitrogens with two attached hydrogens (primary N) is 2. The number of nitrogens with one attached hydrogen (secondary N) is 1. The van der Waals surface area contributed by atoms with Gasteiger partial charge in [-0.15, -0.1) is 0 Å². The Hall–Kier alpha value is -1.62. The van der Waals surface area contributed by atoms with E-state index in [0.29, 0.717) is 18.0 Å². The minimum Gasteiger partial charge on any atom is -0.367 e. The molecule has 0 fully saturated rings. The van der Waals surface area contributed by atoms with E-state index in [9.17, 15) is 4.79 Å². The molecule has 5 N–H and O–H groups in total. The Morgan fingerprint density at radius 2 is 2.19 bits per heavy atom. The summed E-state index contributed by atoms with van der Waals surface area (Å²) in [5.41, 5.74) is 11.1. The Balaban J connectivity index is 2.65.